The van der Waals surface area contributed by atoms with Gasteiger partial charge in [0, 0.05) is 37.4 Å². The second kappa shape index (κ2) is 32.4. The van der Waals surface area contributed by atoms with Crippen molar-refractivity contribution >= 4 is 17.7 Å². The molecule has 0 heterocycles. The first kappa shape index (κ1) is 49.2. The number of carbonyl (C=O) groups is 3. The van der Waals surface area contributed by atoms with Crippen molar-refractivity contribution in [2.24, 2.45) is 41.4 Å². The fraction of sp³-hybridized carbons (Fsp3) is 0.894. The van der Waals surface area contributed by atoms with Gasteiger partial charge in [-0.3, -0.25) is 14.4 Å². The van der Waals surface area contributed by atoms with E-state index in [2.05, 4.69) is 76.6 Å². The molecule has 6 heteroatoms. The summed E-state index contributed by atoms with van der Waals surface area (Å²) in [4.78, 5) is 40.3. The Morgan fingerprint density at radius 2 is 0.811 bits per heavy atom. The molecule has 1 saturated carbocycles. The van der Waals surface area contributed by atoms with Gasteiger partial charge in [-0.15, -0.1) is 0 Å². The van der Waals surface area contributed by atoms with E-state index in [1.54, 1.807) is 0 Å². The van der Waals surface area contributed by atoms with Crippen molar-refractivity contribution in [3.8, 4) is 0 Å². The zero-order valence-electron chi connectivity index (χ0n) is 36.2. The minimum atomic E-state index is -0.299. The molecular weight excluding hydrogens is 655 g/mol. The van der Waals surface area contributed by atoms with Crippen molar-refractivity contribution in [3.05, 3.63) is 12.2 Å². The molecule has 1 aliphatic rings. The molecule has 0 aromatic carbocycles. The maximum Gasteiger partial charge on any atom is 0.223 e. The lowest BCUT2D eigenvalue weighted by Gasteiger charge is -2.33. The highest BCUT2D eigenvalue weighted by molar-refractivity contribution is 5.85. The quantitative estimate of drug-likeness (QED) is 0.0462. The van der Waals surface area contributed by atoms with E-state index < -0.39 is 0 Å². The summed E-state index contributed by atoms with van der Waals surface area (Å²) < 4.78 is 0. The third-order valence-electron chi connectivity index (χ3n) is 11.6. The van der Waals surface area contributed by atoms with Gasteiger partial charge in [-0.1, -0.05) is 157 Å². The fourth-order valence-electron chi connectivity index (χ4n) is 7.90. The van der Waals surface area contributed by atoms with E-state index in [-0.39, 0.29) is 35.5 Å². The van der Waals surface area contributed by atoms with Crippen molar-refractivity contribution in [3.63, 3.8) is 0 Å². The minimum absolute atomic E-state index is 0.0155. The molecule has 0 bridgehead atoms. The number of amides is 3. The highest BCUT2D eigenvalue weighted by Crippen LogP contribution is 2.34. The van der Waals surface area contributed by atoms with Crippen molar-refractivity contribution in [1.82, 2.24) is 16.0 Å². The Morgan fingerprint density at radius 1 is 0.453 bits per heavy atom. The smallest absolute Gasteiger partial charge is 0.223 e. The molecule has 3 unspecified atom stereocenters. The van der Waals surface area contributed by atoms with Gasteiger partial charge in [-0.2, -0.15) is 0 Å². The van der Waals surface area contributed by atoms with E-state index >= 15 is 0 Å². The van der Waals surface area contributed by atoms with Crippen molar-refractivity contribution < 1.29 is 14.4 Å². The van der Waals surface area contributed by atoms with Crippen LogP contribution in [-0.4, -0.2) is 37.4 Å². The number of rotatable bonds is 33. The van der Waals surface area contributed by atoms with Gasteiger partial charge in [0.05, 0.1) is 0 Å². The molecule has 0 aromatic heterocycles. The highest BCUT2D eigenvalue weighted by Gasteiger charge is 2.38. The molecular formula is C47H89N3O3. The van der Waals surface area contributed by atoms with Gasteiger partial charge >= 0.3 is 0 Å². The summed E-state index contributed by atoms with van der Waals surface area (Å²) in [5, 5.41) is 9.55. The molecule has 5 atom stereocenters. The monoisotopic (exact) mass is 744 g/mol. The summed E-state index contributed by atoms with van der Waals surface area (Å²) in [6, 6.07) is 0. The average molecular weight is 744 g/mol. The summed E-state index contributed by atoms with van der Waals surface area (Å²) in [5.41, 5.74) is 0. The molecule has 3 N–H and O–H groups in total. The highest BCUT2D eigenvalue weighted by atomic mass is 16.2. The first-order valence-corrected chi connectivity index (χ1v) is 23.0. The second-order valence-electron chi connectivity index (χ2n) is 18.0. The van der Waals surface area contributed by atoms with Gasteiger partial charge in [-0.05, 0) is 87.9 Å². The molecule has 0 radical (unpaired) electrons. The molecule has 53 heavy (non-hydrogen) atoms. The summed E-state index contributed by atoms with van der Waals surface area (Å²) >= 11 is 0. The predicted molar refractivity (Wildman–Crippen MR) is 228 cm³/mol. The molecule has 3 amide bonds. The van der Waals surface area contributed by atoms with Crippen LogP contribution in [-0.2, 0) is 14.4 Å². The lowest BCUT2D eigenvalue weighted by molar-refractivity contribution is -0.134. The van der Waals surface area contributed by atoms with Gasteiger partial charge in [0.15, 0.2) is 0 Å². The first-order valence-electron chi connectivity index (χ1n) is 23.0. The normalized spacial score (nSPS) is 18.8. The third kappa shape index (κ3) is 27.4. The number of nitrogens with one attached hydrogen (secondary N) is 3. The van der Waals surface area contributed by atoms with Crippen LogP contribution >= 0.6 is 0 Å². The molecule has 0 spiro atoms. The lowest BCUT2D eigenvalue weighted by Crippen LogP contribution is -2.45. The second-order valence-corrected chi connectivity index (χ2v) is 18.0. The predicted octanol–water partition coefficient (Wildman–Crippen LogP) is 12.1. The van der Waals surface area contributed by atoms with Gasteiger partial charge in [0.25, 0.3) is 0 Å². The molecule has 0 aliphatic heterocycles. The Kier molecular flexibility index (Phi) is 30.1. The van der Waals surface area contributed by atoms with E-state index in [9.17, 15) is 14.4 Å². The minimum Gasteiger partial charge on any atom is -0.356 e. The SMILES string of the molecule is CCCCCCCC/C=C\CCCCCCCCNC(=O)C1C[C@@H](C(=O)NCCC(C)CCCC(C)C)C[C@@H](C(=O)NCCC(C)CCCC(C)C)C1. The van der Waals surface area contributed by atoms with Crippen LogP contribution in [0.5, 0.6) is 0 Å². The van der Waals surface area contributed by atoms with E-state index in [0.717, 1.165) is 37.5 Å². The molecule has 0 aromatic rings. The standard InChI is InChI=1S/C47H89N3O3/c1-8-9-10-11-12-13-14-15-16-17-18-19-20-21-22-23-32-48-45(51)42-35-43(46(52)49-33-30-40(6)28-24-26-38(2)3)37-44(36-42)47(53)50-34-31-41(7)29-25-27-39(4)5/h15-16,38-44H,8-14,17-37H2,1-7H3,(H,48,51)(H,49,52)(H,50,53)/b16-15-/t40?,41?,42?,43-,44+. The van der Waals surface area contributed by atoms with Crippen LogP contribution in [0.25, 0.3) is 0 Å². The van der Waals surface area contributed by atoms with Crippen molar-refractivity contribution in [2.45, 2.75) is 209 Å². The zero-order chi connectivity index (χ0) is 39.1. The maximum atomic E-state index is 13.4. The van der Waals surface area contributed by atoms with E-state index in [1.807, 2.05) is 0 Å². The van der Waals surface area contributed by atoms with Crippen LogP contribution in [0.3, 0.4) is 0 Å². The van der Waals surface area contributed by atoms with E-state index in [0.29, 0.717) is 50.7 Å². The van der Waals surface area contributed by atoms with Crippen molar-refractivity contribution in [2.75, 3.05) is 19.6 Å². The Labute approximate surface area is 329 Å². The van der Waals surface area contributed by atoms with E-state index in [1.165, 1.54) is 116 Å². The number of unbranched alkanes of at least 4 members (excludes halogenated alkanes) is 12. The molecule has 1 aliphatic carbocycles. The van der Waals surface area contributed by atoms with Gasteiger partial charge < -0.3 is 16.0 Å². The van der Waals surface area contributed by atoms with Crippen LogP contribution < -0.4 is 16.0 Å². The molecule has 310 valence electrons. The van der Waals surface area contributed by atoms with Crippen LogP contribution in [0, 0.1) is 41.4 Å². The largest absolute Gasteiger partial charge is 0.356 e. The summed E-state index contributed by atoms with van der Waals surface area (Å²) in [6.07, 6.45) is 33.4. The lowest BCUT2D eigenvalue weighted by atomic mass is 9.74. The van der Waals surface area contributed by atoms with Crippen LogP contribution in [0.1, 0.15) is 209 Å². The fourth-order valence-corrected chi connectivity index (χ4v) is 7.90. The Hall–Kier alpha value is -1.85. The molecule has 6 nitrogen and oxygen atoms in total. The molecule has 0 saturated heterocycles. The van der Waals surface area contributed by atoms with Crippen LogP contribution in [0.2, 0.25) is 0 Å². The van der Waals surface area contributed by atoms with Gasteiger partial charge in [0.1, 0.15) is 0 Å². The number of carbonyl (C=O) groups excluding carboxylic acids is 3. The third-order valence-corrected chi connectivity index (χ3v) is 11.6. The number of hydrogen-bond donors (Lipinski definition) is 3. The van der Waals surface area contributed by atoms with Gasteiger partial charge in [0.2, 0.25) is 17.7 Å². The first-order chi connectivity index (χ1) is 25.5. The summed E-state index contributed by atoms with van der Waals surface area (Å²) in [6.45, 7) is 17.9. The van der Waals surface area contributed by atoms with Gasteiger partial charge in [-0.25, -0.2) is 0 Å². The Bertz CT molecular complexity index is 901. The van der Waals surface area contributed by atoms with Crippen LogP contribution in [0.4, 0.5) is 0 Å². The molecule has 1 fully saturated rings. The Morgan fingerprint density at radius 3 is 1.21 bits per heavy atom. The van der Waals surface area contributed by atoms with E-state index in [4.69, 9.17) is 0 Å². The average Bonchev–Trinajstić information content (AvgIpc) is 3.12. The van der Waals surface area contributed by atoms with Crippen LogP contribution in [0.15, 0.2) is 12.2 Å². The molecule has 1 rings (SSSR count). The Balaban J connectivity index is 2.47. The number of hydrogen-bond acceptors (Lipinski definition) is 3. The summed E-state index contributed by atoms with van der Waals surface area (Å²) in [5.74, 6) is 1.77. The van der Waals surface area contributed by atoms with Crippen molar-refractivity contribution in [1.29, 1.82) is 0 Å². The summed E-state index contributed by atoms with van der Waals surface area (Å²) in [7, 11) is 0. The topological polar surface area (TPSA) is 87.3 Å². The zero-order valence-corrected chi connectivity index (χ0v) is 36.2. The number of allylic oxidation sites excluding steroid dienone is 2. The maximum absolute atomic E-state index is 13.4.